The molecule has 1 aromatic rings. The molecule has 5 heteroatoms. The van der Waals surface area contributed by atoms with Gasteiger partial charge in [0.15, 0.2) is 5.15 Å². The van der Waals surface area contributed by atoms with Crippen molar-refractivity contribution >= 4 is 11.6 Å². The van der Waals surface area contributed by atoms with E-state index < -0.39 is 11.7 Å². The molecule has 1 aromatic heterocycles. The van der Waals surface area contributed by atoms with Crippen molar-refractivity contribution in [1.29, 1.82) is 0 Å². The van der Waals surface area contributed by atoms with Gasteiger partial charge >= 0.3 is 0 Å². The normalized spacial score (nSPS) is 9.90. The van der Waals surface area contributed by atoms with Gasteiger partial charge in [-0.15, -0.1) is 0 Å². The maximum absolute atomic E-state index is 12.4. The fourth-order valence-corrected chi connectivity index (χ4v) is 0.700. The van der Waals surface area contributed by atoms with Gasteiger partial charge in [-0.25, -0.2) is 9.97 Å². The first kappa shape index (κ1) is 7.21. The van der Waals surface area contributed by atoms with E-state index in [1.54, 1.807) is 0 Å². The lowest BCUT2D eigenvalue weighted by Gasteiger charge is -1.96. The number of aryl methyl sites for hydroxylation is 1. The van der Waals surface area contributed by atoms with Crippen molar-refractivity contribution in [3.8, 4) is 5.75 Å². The molecule has 0 aliphatic heterocycles. The van der Waals surface area contributed by atoms with Crippen LogP contribution in [0.15, 0.2) is 0 Å². The van der Waals surface area contributed by atoms with E-state index in [9.17, 15) is 4.39 Å². The standard InChI is InChI=1S/C5H4ClFN2O/c1-2-8-4(6)3(10)5(7)9-2/h10H,1H3. The molecule has 54 valence electrons. The summed E-state index contributed by atoms with van der Waals surface area (Å²) >= 11 is 5.28. The lowest BCUT2D eigenvalue weighted by Crippen LogP contribution is -1.92. The van der Waals surface area contributed by atoms with E-state index >= 15 is 0 Å². The number of aromatic nitrogens is 2. The number of hydrogen-bond donors (Lipinski definition) is 1. The van der Waals surface area contributed by atoms with Crippen LogP contribution >= 0.6 is 11.6 Å². The van der Waals surface area contributed by atoms with Gasteiger partial charge in [-0.3, -0.25) is 0 Å². The predicted molar refractivity (Wildman–Crippen MR) is 33.4 cm³/mol. The highest BCUT2D eigenvalue weighted by Crippen LogP contribution is 2.21. The first-order valence-corrected chi connectivity index (χ1v) is 2.87. The van der Waals surface area contributed by atoms with Gasteiger partial charge in [-0.2, -0.15) is 4.39 Å². The molecule has 0 radical (unpaired) electrons. The van der Waals surface area contributed by atoms with Crippen LogP contribution in [0.4, 0.5) is 4.39 Å². The minimum atomic E-state index is -0.988. The Morgan fingerprint density at radius 1 is 1.50 bits per heavy atom. The zero-order chi connectivity index (χ0) is 7.72. The molecule has 10 heavy (non-hydrogen) atoms. The SMILES string of the molecule is Cc1nc(F)c(O)c(Cl)n1. The van der Waals surface area contributed by atoms with Crippen LogP contribution in [-0.4, -0.2) is 15.1 Å². The molecule has 0 aliphatic rings. The fraction of sp³-hybridized carbons (Fsp3) is 0.200. The third-order valence-electron chi connectivity index (χ3n) is 0.911. The second-order valence-corrected chi connectivity index (χ2v) is 2.06. The molecule has 1 rings (SSSR count). The maximum Gasteiger partial charge on any atom is 0.260 e. The molecular weight excluding hydrogens is 159 g/mol. The first-order valence-electron chi connectivity index (χ1n) is 2.50. The Kier molecular flexibility index (Phi) is 1.72. The van der Waals surface area contributed by atoms with E-state index in [-0.39, 0.29) is 11.0 Å². The third kappa shape index (κ3) is 1.16. The Morgan fingerprint density at radius 2 is 2.10 bits per heavy atom. The largest absolute Gasteiger partial charge is 0.502 e. The Balaban J connectivity index is 3.31. The number of nitrogens with zero attached hydrogens (tertiary/aromatic N) is 2. The van der Waals surface area contributed by atoms with Gasteiger partial charge in [-0.05, 0) is 6.92 Å². The van der Waals surface area contributed by atoms with Gasteiger partial charge in [0, 0.05) is 0 Å². The van der Waals surface area contributed by atoms with Gasteiger partial charge in [0.25, 0.3) is 5.95 Å². The van der Waals surface area contributed by atoms with Crippen molar-refractivity contribution < 1.29 is 9.50 Å². The highest BCUT2D eigenvalue weighted by Gasteiger charge is 2.08. The Bertz CT molecular complexity index is 243. The summed E-state index contributed by atoms with van der Waals surface area (Å²) in [5, 5.41) is 8.44. The van der Waals surface area contributed by atoms with Crippen molar-refractivity contribution in [2.24, 2.45) is 0 Å². The Labute approximate surface area is 61.5 Å². The molecule has 0 saturated carbocycles. The molecule has 0 aliphatic carbocycles. The van der Waals surface area contributed by atoms with E-state index in [0.717, 1.165) is 0 Å². The smallest absolute Gasteiger partial charge is 0.260 e. The second kappa shape index (κ2) is 2.38. The van der Waals surface area contributed by atoms with Crippen molar-refractivity contribution in [2.45, 2.75) is 6.92 Å². The van der Waals surface area contributed by atoms with Crippen LogP contribution in [0.3, 0.4) is 0 Å². The van der Waals surface area contributed by atoms with Gasteiger partial charge < -0.3 is 5.11 Å². The zero-order valence-electron chi connectivity index (χ0n) is 5.10. The van der Waals surface area contributed by atoms with Crippen LogP contribution < -0.4 is 0 Å². The summed E-state index contributed by atoms with van der Waals surface area (Å²) in [6, 6.07) is 0. The first-order chi connectivity index (χ1) is 4.61. The summed E-state index contributed by atoms with van der Waals surface area (Å²) in [6.45, 7) is 1.48. The van der Waals surface area contributed by atoms with Crippen LogP contribution in [0.25, 0.3) is 0 Å². The van der Waals surface area contributed by atoms with Crippen LogP contribution in [0, 0.1) is 12.9 Å². The number of hydrogen-bond acceptors (Lipinski definition) is 3. The molecular formula is C5H4ClFN2O. The summed E-state index contributed by atoms with van der Waals surface area (Å²) in [5.74, 6) is -1.50. The number of aromatic hydroxyl groups is 1. The van der Waals surface area contributed by atoms with Crippen molar-refractivity contribution in [3.05, 3.63) is 16.9 Å². The van der Waals surface area contributed by atoms with E-state index in [4.69, 9.17) is 16.7 Å². The molecule has 0 fully saturated rings. The number of halogens is 2. The van der Waals surface area contributed by atoms with Gasteiger partial charge in [0.1, 0.15) is 5.82 Å². The minimum Gasteiger partial charge on any atom is -0.502 e. The molecule has 1 heterocycles. The van der Waals surface area contributed by atoms with E-state index in [2.05, 4.69) is 9.97 Å². The van der Waals surface area contributed by atoms with Crippen molar-refractivity contribution in [1.82, 2.24) is 9.97 Å². The summed E-state index contributed by atoms with van der Waals surface area (Å²) in [7, 11) is 0. The molecule has 0 spiro atoms. The van der Waals surface area contributed by atoms with Gasteiger partial charge in [-0.1, -0.05) is 11.6 Å². The Hall–Kier alpha value is -0.900. The second-order valence-electron chi connectivity index (χ2n) is 1.70. The van der Waals surface area contributed by atoms with Crippen molar-refractivity contribution in [2.75, 3.05) is 0 Å². The lowest BCUT2D eigenvalue weighted by molar-refractivity contribution is 0.413. The monoisotopic (exact) mass is 162 g/mol. The van der Waals surface area contributed by atoms with Gasteiger partial charge in [0.2, 0.25) is 5.75 Å². The fourth-order valence-electron chi connectivity index (χ4n) is 0.500. The van der Waals surface area contributed by atoms with Crippen LogP contribution in [0.5, 0.6) is 5.75 Å². The predicted octanol–water partition coefficient (Wildman–Crippen LogP) is 1.28. The van der Waals surface area contributed by atoms with E-state index in [1.807, 2.05) is 0 Å². The highest BCUT2D eigenvalue weighted by molar-refractivity contribution is 6.30. The van der Waals surface area contributed by atoms with E-state index in [0.29, 0.717) is 0 Å². The molecule has 0 amide bonds. The number of rotatable bonds is 0. The minimum absolute atomic E-state index is 0.195. The summed E-state index contributed by atoms with van der Waals surface area (Å²) in [5.41, 5.74) is 0. The molecule has 0 aromatic carbocycles. The van der Waals surface area contributed by atoms with Crippen LogP contribution in [-0.2, 0) is 0 Å². The molecule has 1 N–H and O–H groups in total. The van der Waals surface area contributed by atoms with Crippen LogP contribution in [0.1, 0.15) is 5.82 Å². The van der Waals surface area contributed by atoms with Gasteiger partial charge in [0.05, 0.1) is 0 Å². The Morgan fingerprint density at radius 3 is 2.60 bits per heavy atom. The average Bonchev–Trinajstić information content (AvgIpc) is 1.82. The third-order valence-corrected chi connectivity index (χ3v) is 1.17. The molecule has 3 nitrogen and oxygen atoms in total. The molecule has 0 bridgehead atoms. The van der Waals surface area contributed by atoms with Crippen LogP contribution in [0.2, 0.25) is 5.15 Å². The average molecular weight is 163 g/mol. The quantitative estimate of drug-likeness (QED) is 0.585. The molecule has 0 saturated heterocycles. The summed E-state index contributed by atoms with van der Waals surface area (Å²) in [4.78, 5) is 6.72. The molecule has 0 unspecified atom stereocenters. The highest BCUT2D eigenvalue weighted by atomic mass is 35.5. The van der Waals surface area contributed by atoms with E-state index in [1.165, 1.54) is 6.92 Å². The molecule has 0 atom stereocenters. The van der Waals surface area contributed by atoms with Crippen molar-refractivity contribution in [3.63, 3.8) is 0 Å². The lowest BCUT2D eigenvalue weighted by atomic mass is 10.5. The topological polar surface area (TPSA) is 46.0 Å². The summed E-state index contributed by atoms with van der Waals surface area (Å²) in [6.07, 6.45) is 0. The maximum atomic E-state index is 12.4. The summed E-state index contributed by atoms with van der Waals surface area (Å²) < 4.78 is 12.4. The zero-order valence-corrected chi connectivity index (χ0v) is 5.85.